The molecule has 6 N–H and O–H groups in total. The van der Waals surface area contributed by atoms with Crippen LogP contribution in [0.2, 0.25) is 0 Å². The maximum atomic E-state index is 12.9. The van der Waals surface area contributed by atoms with Crippen LogP contribution in [-0.2, 0) is 23.8 Å². The number of carbonyl (C=O) groups is 2. The maximum Gasteiger partial charge on any atom is 0.305 e. The van der Waals surface area contributed by atoms with Gasteiger partial charge in [-0.05, 0) is 90.4 Å². The lowest BCUT2D eigenvalue weighted by molar-refractivity contribution is -0.302. The SMILES string of the molecule is C/C=C/CC/C=C/CC/C=C/C(O)C(COC1OC(CO)C(O)C(O)C1O)NC(=O)CCCCCCCCC/C=C\C/C=C\CCCCCOC(=O)CCCCCCCCCCCCCC. The number of rotatable bonds is 44. The van der Waals surface area contributed by atoms with Crippen LogP contribution < -0.4 is 5.32 Å². The van der Waals surface area contributed by atoms with Gasteiger partial charge in [0.25, 0.3) is 0 Å². The number of aliphatic hydroxyl groups excluding tert-OH is 5. The Balaban J connectivity index is 2.13. The number of esters is 1. The molecule has 0 bridgehead atoms. The van der Waals surface area contributed by atoms with Crippen LogP contribution in [0.1, 0.15) is 213 Å². The fourth-order valence-electron chi connectivity index (χ4n) is 7.91. The number of unbranched alkanes of at least 4 members (excludes halogenated alkanes) is 23. The predicted molar refractivity (Wildman–Crippen MR) is 269 cm³/mol. The quantitative estimate of drug-likeness (QED) is 0.0196. The lowest BCUT2D eigenvalue weighted by Gasteiger charge is -2.40. The summed E-state index contributed by atoms with van der Waals surface area (Å²) in [6, 6.07) is -0.846. The van der Waals surface area contributed by atoms with Crippen molar-refractivity contribution in [1.82, 2.24) is 5.32 Å². The van der Waals surface area contributed by atoms with E-state index < -0.39 is 49.5 Å². The number of carbonyl (C=O) groups excluding carboxylic acids is 2. The third-order valence-corrected chi connectivity index (χ3v) is 12.2. The number of allylic oxidation sites excluding steroid dienone is 9. The van der Waals surface area contributed by atoms with Gasteiger partial charge in [-0.15, -0.1) is 0 Å². The summed E-state index contributed by atoms with van der Waals surface area (Å²) in [5, 5.41) is 54.0. The number of nitrogens with one attached hydrogen (secondary N) is 1. The summed E-state index contributed by atoms with van der Waals surface area (Å²) in [4.78, 5) is 25.0. The van der Waals surface area contributed by atoms with Crippen LogP contribution in [0.15, 0.2) is 60.8 Å². The molecule has 1 rings (SSSR count). The molecule has 1 amide bonds. The van der Waals surface area contributed by atoms with Gasteiger partial charge in [-0.2, -0.15) is 0 Å². The Kier molecular flexibility index (Phi) is 41.7. The average molecular weight is 932 g/mol. The standard InChI is InChI=1S/C55H97NO10/c1-3-5-7-9-11-13-14-23-27-31-35-39-43-51(60)64-44-40-36-32-28-24-21-19-17-15-16-18-20-22-26-30-34-38-42-50(59)56-47(48(58)41-37-33-29-25-12-10-8-6-4-2)46-65-55-54(63)53(62)52(61)49(45-57)66-55/h4,6,12,15,17,21,24-25,37,41,47-49,52-55,57-58,61-63H,3,5,7-11,13-14,16,18-20,22-23,26-36,38-40,42-46H2,1-2H3,(H,56,59)/b6-4+,17-15-,24-21-,25-12+,41-37+. The highest BCUT2D eigenvalue weighted by Gasteiger charge is 2.44. The van der Waals surface area contributed by atoms with E-state index in [-0.39, 0.29) is 18.5 Å². The molecule has 0 aliphatic carbocycles. The van der Waals surface area contributed by atoms with Gasteiger partial charge in [0.2, 0.25) is 5.91 Å². The second-order valence-corrected chi connectivity index (χ2v) is 18.2. The van der Waals surface area contributed by atoms with Crippen molar-refractivity contribution < 1.29 is 49.3 Å². The first-order valence-electron chi connectivity index (χ1n) is 26.5. The van der Waals surface area contributed by atoms with Crippen molar-refractivity contribution in [2.24, 2.45) is 0 Å². The van der Waals surface area contributed by atoms with Crippen molar-refractivity contribution in [2.45, 2.75) is 256 Å². The molecule has 11 heteroatoms. The fourth-order valence-corrected chi connectivity index (χ4v) is 7.91. The van der Waals surface area contributed by atoms with E-state index in [0.717, 1.165) is 96.3 Å². The third-order valence-electron chi connectivity index (χ3n) is 12.2. The molecule has 0 saturated carbocycles. The van der Waals surface area contributed by atoms with Crippen LogP contribution in [0.4, 0.5) is 0 Å². The van der Waals surface area contributed by atoms with Gasteiger partial charge in [0, 0.05) is 12.8 Å². The summed E-state index contributed by atoms with van der Waals surface area (Å²) in [7, 11) is 0. The van der Waals surface area contributed by atoms with E-state index in [2.05, 4.69) is 54.8 Å². The zero-order chi connectivity index (χ0) is 48.1. The molecule has 1 fully saturated rings. The highest BCUT2D eigenvalue weighted by molar-refractivity contribution is 5.76. The molecular formula is C55H97NO10. The largest absolute Gasteiger partial charge is 0.466 e. The number of amides is 1. The zero-order valence-corrected chi connectivity index (χ0v) is 41.6. The first-order valence-corrected chi connectivity index (χ1v) is 26.5. The van der Waals surface area contributed by atoms with Crippen molar-refractivity contribution in [3.8, 4) is 0 Å². The second-order valence-electron chi connectivity index (χ2n) is 18.2. The second kappa shape index (κ2) is 44.8. The molecule has 0 aromatic heterocycles. The summed E-state index contributed by atoms with van der Waals surface area (Å²) in [6.45, 7) is 4.01. The summed E-state index contributed by atoms with van der Waals surface area (Å²) in [5.74, 6) is -0.252. The molecule has 1 aliphatic heterocycles. The fraction of sp³-hybridized carbons (Fsp3) is 0.782. The summed E-state index contributed by atoms with van der Waals surface area (Å²) in [6.07, 6.45) is 46.2. The van der Waals surface area contributed by atoms with Gasteiger partial charge >= 0.3 is 5.97 Å². The molecule has 11 nitrogen and oxygen atoms in total. The lowest BCUT2D eigenvalue weighted by Crippen LogP contribution is -2.60. The highest BCUT2D eigenvalue weighted by Crippen LogP contribution is 2.23. The van der Waals surface area contributed by atoms with Crippen LogP contribution in [0.5, 0.6) is 0 Å². The molecule has 0 aromatic carbocycles. The van der Waals surface area contributed by atoms with E-state index in [0.29, 0.717) is 25.9 Å². The van der Waals surface area contributed by atoms with Crippen molar-refractivity contribution in [3.05, 3.63) is 60.8 Å². The Labute approximate surface area is 401 Å². The topological polar surface area (TPSA) is 175 Å². The lowest BCUT2D eigenvalue weighted by atomic mass is 9.99. The van der Waals surface area contributed by atoms with Gasteiger partial charge in [0.15, 0.2) is 6.29 Å². The smallest absolute Gasteiger partial charge is 0.305 e. The van der Waals surface area contributed by atoms with Crippen molar-refractivity contribution in [2.75, 3.05) is 19.8 Å². The van der Waals surface area contributed by atoms with E-state index >= 15 is 0 Å². The van der Waals surface area contributed by atoms with Crippen LogP contribution in [-0.4, -0.2) is 100 Å². The van der Waals surface area contributed by atoms with E-state index in [1.165, 1.54) is 83.5 Å². The molecule has 382 valence electrons. The molecule has 0 aromatic rings. The van der Waals surface area contributed by atoms with E-state index in [1.807, 2.05) is 19.1 Å². The van der Waals surface area contributed by atoms with Crippen LogP contribution in [0, 0.1) is 0 Å². The van der Waals surface area contributed by atoms with Crippen LogP contribution in [0.3, 0.4) is 0 Å². The normalized spacial score (nSPS) is 20.1. The minimum Gasteiger partial charge on any atom is -0.466 e. The number of hydrogen-bond donors (Lipinski definition) is 6. The van der Waals surface area contributed by atoms with Gasteiger partial charge in [0.05, 0.1) is 32.0 Å². The van der Waals surface area contributed by atoms with Gasteiger partial charge in [-0.1, -0.05) is 170 Å². The Morgan fingerprint density at radius 3 is 1.67 bits per heavy atom. The van der Waals surface area contributed by atoms with E-state index in [9.17, 15) is 35.1 Å². The van der Waals surface area contributed by atoms with Crippen LogP contribution >= 0.6 is 0 Å². The van der Waals surface area contributed by atoms with Gasteiger partial charge in [-0.3, -0.25) is 9.59 Å². The maximum absolute atomic E-state index is 12.9. The molecule has 7 unspecified atom stereocenters. The summed E-state index contributed by atoms with van der Waals surface area (Å²) < 4.78 is 16.6. The Bertz CT molecular complexity index is 1280. The molecule has 1 aliphatic rings. The van der Waals surface area contributed by atoms with Gasteiger partial charge in [-0.25, -0.2) is 0 Å². The molecule has 1 heterocycles. The zero-order valence-electron chi connectivity index (χ0n) is 41.6. The summed E-state index contributed by atoms with van der Waals surface area (Å²) >= 11 is 0. The average Bonchev–Trinajstić information content (AvgIpc) is 3.31. The van der Waals surface area contributed by atoms with E-state index in [1.54, 1.807) is 6.08 Å². The molecule has 7 atom stereocenters. The van der Waals surface area contributed by atoms with Crippen molar-refractivity contribution >= 4 is 11.9 Å². The first-order chi connectivity index (χ1) is 32.2. The third kappa shape index (κ3) is 34.6. The minimum absolute atomic E-state index is 0.0343. The molecule has 0 spiro atoms. The molecule has 0 radical (unpaired) electrons. The number of aliphatic hydroxyl groups is 5. The van der Waals surface area contributed by atoms with Crippen molar-refractivity contribution in [1.29, 1.82) is 0 Å². The number of hydrogen-bond acceptors (Lipinski definition) is 10. The monoisotopic (exact) mass is 932 g/mol. The van der Waals surface area contributed by atoms with Gasteiger partial charge in [0.1, 0.15) is 24.4 Å². The van der Waals surface area contributed by atoms with Gasteiger partial charge < -0.3 is 45.1 Å². The Hall–Kier alpha value is -2.64. The molecular weight excluding hydrogens is 835 g/mol. The van der Waals surface area contributed by atoms with Crippen LogP contribution in [0.25, 0.3) is 0 Å². The predicted octanol–water partition coefficient (Wildman–Crippen LogP) is 11.1. The Morgan fingerprint density at radius 1 is 0.591 bits per heavy atom. The number of ether oxygens (including phenoxy) is 3. The van der Waals surface area contributed by atoms with E-state index in [4.69, 9.17) is 14.2 Å². The van der Waals surface area contributed by atoms with Crippen molar-refractivity contribution in [3.63, 3.8) is 0 Å². The Morgan fingerprint density at radius 2 is 1.09 bits per heavy atom. The molecule has 1 saturated heterocycles. The minimum atomic E-state index is -1.59. The molecule has 66 heavy (non-hydrogen) atoms. The summed E-state index contributed by atoms with van der Waals surface area (Å²) in [5.41, 5.74) is 0. The first kappa shape index (κ1) is 61.4. The highest BCUT2D eigenvalue weighted by atomic mass is 16.7.